The van der Waals surface area contributed by atoms with E-state index in [1.54, 1.807) is 12.1 Å². The van der Waals surface area contributed by atoms with Crippen LogP contribution in [0.25, 0.3) is 0 Å². The van der Waals surface area contributed by atoms with Crippen molar-refractivity contribution in [2.75, 3.05) is 0 Å². The van der Waals surface area contributed by atoms with E-state index in [1.165, 1.54) is 28.2 Å². The van der Waals surface area contributed by atoms with E-state index in [2.05, 4.69) is 22.0 Å². The van der Waals surface area contributed by atoms with E-state index >= 15 is 0 Å². The van der Waals surface area contributed by atoms with Crippen LogP contribution in [-0.4, -0.2) is 0 Å². The fraction of sp³-hybridized carbons (Fsp3) is 0.375. The summed E-state index contributed by atoms with van der Waals surface area (Å²) in [6.45, 7) is 0. The first kappa shape index (κ1) is 15.1. The molecule has 0 amide bonds. The molecule has 0 radical (unpaired) electrons. The summed E-state index contributed by atoms with van der Waals surface area (Å²) in [6, 6.07) is 7.69. The quantitative estimate of drug-likeness (QED) is 0.583. The maximum Gasteiger partial charge on any atom is 0.416 e. The van der Waals surface area contributed by atoms with Crippen molar-refractivity contribution in [2.45, 2.75) is 36.7 Å². The lowest BCUT2D eigenvalue weighted by Gasteiger charge is -2.10. The van der Waals surface area contributed by atoms with Crippen LogP contribution in [0.2, 0.25) is 0 Å². The van der Waals surface area contributed by atoms with Gasteiger partial charge in [-0.3, -0.25) is 0 Å². The molecule has 21 heavy (non-hydrogen) atoms. The van der Waals surface area contributed by atoms with Gasteiger partial charge in [0.05, 0.1) is 10.4 Å². The molecule has 1 aromatic carbocycles. The van der Waals surface area contributed by atoms with Gasteiger partial charge in [-0.1, -0.05) is 28.1 Å². The fourth-order valence-corrected chi connectivity index (χ4v) is 4.67. The van der Waals surface area contributed by atoms with Crippen LogP contribution in [0.3, 0.4) is 0 Å². The monoisotopic (exact) mass is 374 g/mol. The molecule has 0 saturated carbocycles. The molecule has 1 aliphatic rings. The highest BCUT2D eigenvalue weighted by molar-refractivity contribution is 9.09. The van der Waals surface area contributed by atoms with Crippen molar-refractivity contribution in [2.24, 2.45) is 0 Å². The van der Waals surface area contributed by atoms with Gasteiger partial charge >= 0.3 is 6.18 Å². The second kappa shape index (κ2) is 5.76. The molecule has 112 valence electrons. The van der Waals surface area contributed by atoms with Crippen molar-refractivity contribution in [3.8, 4) is 0 Å². The number of thiophene rings is 1. The Hall–Kier alpha value is -0.810. The highest BCUT2D eigenvalue weighted by atomic mass is 79.9. The summed E-state index contributed by atoms with van der Waals surface area (Å²) in [5.74, 6) is 0. The highest BCUT2D eigenvalue weighted by Crippen LogP contribution is 2.38. The van der Waals surface area contributed by atoms with Gasteiger partial charge < -0.3 is 0 Å². The molecule has 0 spiro atoms. The summed E-state index contributed by atoms with van der Waals surface area (Å²) in [4.78, 5) is 2.92. The SMILES string of the molecule is FC(F)(F)c1ccc(CC(Br)c2cc3c(s2)CCC3)cc1. The molecule has 1 aliphatic carbocycles. The lowest BCUT2D eigenvalue weighted by Crippen LogP contribution is -2.04. The van der Waals surface area contributed by atoms with Crippen LogP contribution in [0.5, 0.6) is 0 Å². The average Bonchev–Trinajstić information content (AvgIpc) is 2.98. The minimum Gasteiger partial charge on any atom is -0.166 e. The van der Waals surface area contributed by atoms with Crippen molar-refractivity contribution in [1.82, 2.24) is 0 Å². The number of fused-ring (bicyclic) bond motifs is 1. The minimum atomic E-state index is -4.26. The summed E-state index contributed by atoms with van der Waals surface area (Å²) in [6.07, 6.45) is 0.0115. The molecule has 2 aromatic rings. The maximum atomic E-state index is 12.5. The first-order valence-electron chi connectivity index (χ1n) is 6.85. The number of hydrogen-bond donors (Lipinski definition) is 0. The van der Waals surface area contributed by atoms with Crippen molar-refractivity contribution >= 4 is 27.3 Å². The number of halogens is 4. The van der Waals surface area contributed by atoms with Gasteiger partial charge in [0.1, 0.15) is 0 Å². The number of alkyl halides is 4. The lowest BCUT2D eigenvalue weighted by atomic mass is 10.1. The van der Waals surface area contributed by atoms with Crippen LogP contribution >= 0.6 is 27.3 Å². The van der Waals surface area contributed by atoms with E-state index < -0.39 is 11.7 Å². The molecule has 0 N–H and O–H groups in total. The Labute approximate surface area is 134 Å². The largest absolute Gasteiger partial charge is 0.416 e. The van der Waals surface area contributed by atoms with E-state index in [-0.39, 0.29) is 4.83 Å². The minimum absolute atomic E-state index is 0.171. The molecule has 1 atom stereocenters. The van der Waals surface area contributed by atoms with E-state index in [0.717, 1.165) is 24.1 Å². The average molecular weight is 375 g/mol. The topological polar surface area (TPSA) is 0 Å². The molecular formula is C16H14BrF3S. The molecule has 1 aromatic heterocycles. The van der Waals surface area contributed by atoms with E-state index in [4.69, 9.17) is 0 Å². The van der Waals surface area contributed by atoms with Crippen molar-refractivity contribution in [3.05, 3.63) is 56.8 Å². The lowest BCUT2D eigenvalue weighted by molar-refractivity contribution is -0.137. The van der Waals surface area contributed by atoms with Gasteiger partial charge in [0.25, 0.3) is 0 Å². The molecule has 5 heteroatoms. The number of aryl methyl sites for hydroxylation is 2. The van der Waals surface area contributed by atoms with Gasteiger partial charge in [0.15, 0.2) is 0 Å². The predicted molar refractivity (Wildman–Crippen MR) is 83.2 cm³/mol. The predicted octanol–water partition coefficient (Wildman–Crippen LogP) is 5.93. The van der Waals surface area contributed by atoms with Crippen LogP contribution in [0.15, 0.2) is 30.3 Å². The van der Waals surface area contributed by atoms with Gasteiger partial charge in [0, 0.05) is 9.75 Å². The molecule has 3 rings (SSSR count). The normalized spacial score (nSPS) is 16.0. The van der Waals surface area contributed by atoms with E-state index in [9.17, 15) is 13.2 Å². The molecule has 1 heterocycles. The van der Waals surface area contributed by atoms with Crippen LogP contribution in [0, 0.1) is 0 Å². The van der Waals surface area contributed by atoms with E-state index in [0.29, 0.717) is 6.42 Å². The Morgan fingerprint density at radius 2 is 1.86 bits per heavy atom. The second-order valence-electron chi connectivity index (χ2n) is 5.32. The summed E-state index contributed by atoms with van der Waals surface area (Å²) in [5.41, 5.74) is 1.78. The third-order valence-corrected chi connectivity index (χ3v) is 6.24. The van der Waals surface area contributed by atoms with Crippen LogP contribution in [0.4, 0.5) is 13.2 Å². The van der Waals surface area contributed by atoms with Gasteiger partial charge in [-0.25, -0.2) is 0 Å². The van der Waals surface area contributed by atoms with Crippen LogP contribution in [0.1, 0.15) is 37.7 Å². The fourth-order valence-electron chi connectivity index (χ4n) is 2.64. The third kappa shape index (κ3) is 3.34. The Morgan fingerprint density at radius 3 is 2.48 bits per heavy atom. The summed E-state index contributed by atoms with van der Waals surface area (Å²) < 4.78 is 37.6. The zero-order valence-electron chi connectivity index (χ0n) is 11.2. The summed E-state index contributed by atoms with van der Waals surface area (Å²) in [5, 5.41) is 0. The first-order valence-corrected chi connectivity index (χ1v) is 8.58. The second-order valence-corrected chi connectivity index (χ2v) is 7.59. The molecule has 0 aliphatic heterocycles. The number of benzene rings is 1. The molecule has 1 unspecified atom stereocenters. The van der Waals surface area contributed by atoms with Gasteiger partial charge in [-0.05, 0) is 55.0 Å². The Bertz CT molecular complexity index is 606. The van der Waals surface area contributed by atoms with E-state index in [1.807, 2.05) is 11.3 Å². The molecule has 0 bridgehead atoms. The smallest absolute Gasteiger partial charge is 0.166 e. The van der Waals surface area contributed by atoms with Crippen molar-refractivity contribution in [3.63, 3.8) is 0 Å². The first-order chi connectivity index (χ1) is 9.93. The standard InChI is InChI=1S/C16H14BrF3S/c17-13(15-9-11-2-1-3-14(11)21-15)8-10-4-6-12(7-5-10)16(18,19)20/h4-7,9,13H,1-3,8H2. The molecule has 0 nitrogen and oxygen atoms in total. The summed E-state index contributed by atoms with van der Waals surface area (Å²) >= 11 is 5.50. The summed E-state index contributed by atoms with van der Waals surface area (Å²) in [7, 11) is 0. The Balaban J connectivity index is 1.70. The Morgan fingerprint density at radius 1 is 1.14 bits per heavy atom. The Kier molecular flexibility index (Phi) is 4.14. The van der Waals surface area contributed by atoms with Gasteiger partial charge in [-0.2, -0.15) is 13.2 Å². The molecule has 0 saturated heterocycles. The maximum absolute atomic E-state index is 12.5. The number of rotatable bonds is 3. The molecule has 0 fully saturated rings. The zero-order valence-corrected chi connectivity index (χ0v) is 13.6. The highest BCUT2D eigenvalue weighted by Gasteiger charge is 2.30. The van der Waals surface area contributed by atoms with Crippen LogP contribution in [-0.2, 0) is 25.4 Å². The van der Waals surface area contributed by atoms with Gasteiger partial charge in [-0.15, -0.1) is 11.3 Å². The third-order valence-electron chi connectivity index (χ3n) is 3.77. The number of hydrogen-bond acceptors (Lipinski definition) is 1. The zero-order chi connectivity index (χ0) is 15.0. The van der Waals surface area contributed by atoms with Crippen molar-refractivity contribution in [1.29, 1.82) is 0 Å². The molecular weight excluding hydrogens is 361 g/mol. The van der Waals surface area contributed by atoms with Crippen LogP contribution < -0.4 is 0 Å². The van der Waals surface area contributed by atoms with Crippen molar-refractivity contribution < 1.29 is 13.2 Å². The van der Waals surface area contributed by atoms with Gasteiger partial charge in [0.2, 0.25) is 0 Å².